The average Bonchev–Trinajstić information content (AvgIpc) is 2.20. The number of nitrogens with two attached hydrogens (primary N) is 1. The highest BCUT2D eigenvalue weighted by Crippen LogP contribution is 2.15. The minimum atomic E-state index is -0.441. The van der Waals surface area contributed by atoms with Crippen LogP contribution >= 0.6 is 15.9 Å². The van der Waals surface area contributed by atoms with Gasteiger partial charge in [-0.05, 0) is 25.0 Å². The number of carbonyl (C=O) groups is 1. The third kappa shape index (κ3) is 4.01. The quantitative estimate of drug-likeness (QED) is 0.871. The lowest BCUT2D eigenvalue weighted by Gasteiger charge is -2.08. The van der Waals surface area contributed by atoms with Crippen LogP contribution in [0.1, 0.15) is 12.5 Å². The zero-order chi connectivity index (χ0) is 11.3. The number of rotatable bonds is 4. The summed E-state index contributed by atoms with van der Waals surface area (Å²) in [6, 6.07) is 7.52. The van der Waals surface area contributed by atoms with Gasteiger partial charge in [0, 0.05) is 11.0 Å². The molecule has 1 aromatic carbocycles. The fourth-order valence-electron chi connectivity index (χ4n) is 1.18. The van der Waals surface area contributed by atoms with E-state index in [0.29, 0.717) is 6.54 Å². The normalized spacial score (nSPS) is 12.2. The van der Waals surface area contributed by atoms with E-state index >= 15 is 0 Å². The zero-order valence-electron chi connectivity index (χ0n) is 8.66. The summed E-state index contributed by atoms with van der Waals surface area (Å²) in [6.07, 6.45) is 0.805. The molecule has 4 heteroatoms. The molecule has 0 aromatic heterocycles. The third-order valence-electron chi connectivity index (χ3n) is 2.06. The number of nitrogens with one attached hydrogen (secondary N) is 1. The first-order valence-corrected chi connectivity index (χ1v) is 5.67. The maximum atomic E-state index is 11.2. The van der Waals surface area contributed by atoms with Gasteiger partial charge in [-0.1, -0.05) is 34.1 Å². The van der Waals surface area contributed by atoms with Gasteiger partial charge in [0.1, 0.15) is 0 Å². The number of hydrogen-bond acceptors (Lipinski definition) is 2. The van der Waals surface area contributed by atoms with E-state index in [2.05, 4.69) is 21.2 Å². The van der Waals surface area contributed by atoms with Gasteiger partial charge in [-0.2, -0.15) is 0 Å². The predicted octanol–water partition coefficient (Wildman–Crippen LogP) is 1.46. The summed E-state index contributed by atoms with van der Waals surface area (Å²) in [5, 5.41) is 2.77. The molecule has 0 radical (unpaired) electrons. The van der Waals surface area contributed by atoms with Gasteiger partial charge in [0.2, 0.25) is 5.91 Å². The fourth-order valence-corrected chi connectivity index (χ4v) is 1.67. The molecule has 0 spiro atoms. The summed E-state index contributed by atoms with van der Waals surface area (Å²) in [6.45, 7) is 2.29. The Bertz CT molecular complexity index is 339. The average molecular weight is 271 g/mol. The number of amides is 1. The van der Waals surface area contributed by atoms with E-state index in [-0.39, 0.29) is 5.91 Å². The lowest BCUT2D eigenvalue weighted by molar-refractivity contribution is -0.121. The van der Waals surface area contributed by atoms with Crippen LogP contribution in [0.25, 0.3) is 0 Å². The molecule has 1 rings (SSSR count). The maximum absolute atomic E-state index is 11.2. The topological polar surface area (TPSA) is 55.1 Å². The molecule has 1 atom stereocenters. The van der Waals surface area contributed by atoms with Gasteiger partial charge < -0.3 is 11.1 Å². The van der Waals surface area contributed by atoms with Crippen molar-refractivity contribution in [1.29, 1.82) is 0 Å². The SMILES string of the molecule is C[C@H](N)C(=O)NCCc1ccccc1Br. The Kier molecular flexibility index (Phi) is 4.78. The molecule has 0 aliphatic rings. The standard InChI is InChI=1S/C11H15BrN2O/c1-8(13)11(15)14-7-6-9-4-2-3-5-10(9)12/h2-5,8H,6-7,13H2,1H3,(H,14,15)/t8-/m0/s1. The molecule has 0 heterocycles. The van der Waals surface area contributed by atoms with Crippen molar-refractivity contribution in [3.63, 3.8) is 0 Å². The smallest absolute Gasteiger partial charge is 0.236 e. The van der Waals surface area contributed by atoms with Gasteiger partial charge in [0.05, 0.1) is 6.04 Å². The predicted molar refractivity (Wildman–Crippen MR) is 64.5 cm³/mol. The first-order chi connectivity index (χ1) is 7.11. The van der Waals surface area contributed by atoms with Crippen LogP contribution in [0.2, 0.25) is 0 Å². The van der Waals surface area contributed by atoms with Crippen molar-refractivity contribution in [3.05, 3.63) is 34.3 Å². The van der Waals surface area contributed by atoms with Crippen LogP contribution in [0.3, 0.4) is 0 Å². The van der Waals surface area contributed by atoms with Gasteiger partial charge in [0.25, 0.3) is 0 Å². The van der Waals surface area contributed by atoms with Crippen molar-refractivity contribution in [2.75, 3.05) is 6.54 Å². The molecule has 1 amide bonds. The van der Waals surface area contributed by atoms with E-state index in [9.17, 15) is 4.79 Å². The highest BCUT2D eigenvalue weighted by atomic mass is 79.9. The van der Waals surface area contributed by atoms with Gasteiger partial charge >= 0.3 is 0 Å². The van der Waals surface area contributed by atoms with Crippen LogP contribution in [0.4, 0.5) is 0 Å². The summed E-state index contributed by atoms with van der Waals surface area (Å²) >= 11 is 3.46. The van der Waals surface area contributed by atoms with Crippen molar-refractivity contribution in [3.8, 4) is 0 Å². The van der Waals surface area contributed by atoms with E-state index < -0.39 is 6.04 Å². The van der Waals surface area contributed by atoms with E-state index in [0.717, 1.165) is 10.9 Å². The molecular weight excluding hydrogens is 256 g/mol. The second-order valence-corrected chi connectivity index (χ2v) is 4.28. The van der Waals surface area contributed by atoms with Gasteiger partial charge in [0.15, 0.2) is 0 Å². The Morgan fingerprint density at radius 2 is 2.20 bits per heavy atom. The third-order valence-corrected chi connectivity index (χ3v) is 2.84. The Hall–Kier alpha value is -0.870. The van der Waals surface area contributed by atoms with Crippen molar-refractivity contribution in [2.45, 2.75) is 19.4 Å². The molecule has 3 nitrogen and oxygen atoms in total. The number of benzene rings is 1. The molecule has 82 valence electrons. The van der Waals surface area contributed by atoms with Crippen LogP contribution < -0.4 is 11.1 Å². The zero-order valence-corrected chi connectivity index (χ0v) is 10.3. The summed E-state index contributed by atoms with van der Waals surface area (Å²) < 4.78 is 1.07. The van der Waals surface area contributed by atoms with Crippen molar-refractivity contribution in [2.24, 2.45) is 5.73 Å². The molecule has 1 aromatic rings. The van der Waals surface area contributed by atoms with Gasteiger partial charge in [-0.3, -0.25) is 4.79 Å². The molecule has 0 aliphatic heterocycles. The molecule has 15 heavy (non-hydrogen) atoms. The summed E-state index contributed by atoms with van der Waals surface area (Å²) in [5.41, 5.74) is 6.61. The minimum Gasteiger partial charge on any atom is -0.354 e. The van der Waals surface area contributed by atoms with Crippen LogP contribution in [0.5, 0.6) is 0 Å². The van der Waals surface area contributed by atoms with Gasteiger partial charge in [-0.25, -0.2) is 0 Å². The van der Waals surface area contributed by atoms with Crippen molar-refractivity contribution in [1.82, 2.24) is 5.32 Å². The van der Waals surface area contributed by atoms with Gasteiger partial charge in [-0.15, -0.1) is 0 Å². The van der Waals surface area contributed by atoms with Crippen LogP contribution in [0.15, 0.2) is 28.7 Å². The second kappa shape index (κ2) is 5.88. The molecule has 0 saturated heterocycles. The lowest BCUT2D eigenvalue weighted by atomic mass is 10.1. The first kappa shape index (κ1) is 12.2. The Balaban J connectivity index is 2.38. The second-order valence-electron chi connectivity index (χ2n) is 3.42. The van der Waals surface area contributed by atoms with E-state index in [1.165, 1.54) is 5.56 Å². The molecule has 0 unspecified atom stereocenters. The molecule has 0 aliphatic carbocycles. The number of halogens is 1. The minimum absolute atomic E-state index is 0.109. The van der Waals surface area contributed by atoms with Crippen LogP contribution in [0, 0.1) is 0 Å². The molecule has 0 fully saturated rings. The molecule has 0 bridgehead atoms. The maximum Gasteiger partial charge on any atom is 0.236 e. The number of carbonyl (C=O) groups excluding carboxylic acids is 1. The lowest BCUT2D eigenvalue weighted by Crippen LogP contribution is -2.39. The highest BCUT2D eigenvalue weighted by Gasteiger charge is 2.06. The summed E-state index contributed by atoms with van der Waals surface area (Å²) in [4.78, 5) is 11.2. The van der Waals surface area contributed by atoms with Crippen LogP contribution in [-0.4, -0.2) is 18.5 Å². The van der Waals surface area contributed by atoms with E-state index in [4.69, 9.17) is 5.73 Å². The molecular formula is C11H15BrN2O. The summed E-state index contributed by atoms with van der Waals surface area (Å²) in [5.74, 6) is -0.109. The number of hydrogen-bond donors (Lipinski definition) is 2. The molecule has 3 N–H and O–H groups in total. The Morgan fingerprint density at radius 1 is 1.53 bits per heavy atom. The Morgan fingerprint density at radius 3 is 2.80 bits per heavy atom. The van der Waals surface area contributed by atoms with E-state index in [1.807, 2.05) is 24.3 Å². The van der Waals surface area contributed by atoms with E-state index in [1.54, 1.807) is 6.92 Å². The monoisotopic (exact) mass is 270 g/mol. The van der Waals surface area contributed by atoms with Crippen molar-refractivity contribution >= 4 is 21.8 Å². The summed E-state index contributed by atoms with van der Waals surface area (Å²) in [7, 11) is 0. The fraction of sp³-hybridized carbons (Fsp3) is 0.364. The largest absolute Gasteiger partial charge is 0.354 e. The van der Waals surface area contributed by atoms with Crippen LogP contribution in [-0.2, 0) is 11.2 Å². The Labute approximate surface area is 98.2 Å². The highest BCUT2D eigenvalue weighted by molar-refractivity contribution is 9.10. The first-order valence-electron chi connectivity index (χ1n) is 4.88. The van der Waals surface area contributed by atoms with Crippen molar-refractivity contribution < 1.29 is 4.79 Å². The molecule has 0 saturated carbocycles.